The summed E-state index contributed by atoms with van der Waals surface area (Å²) in [6, 6.07) is 9.92. The molecule has 1 atom stereocenters. The first-order chi connectivity index (χ1) is 12.7. The van der Waals surface area contributed by atoms with E-state index in [1.54, 1.807) is 0 Å². The molecule has 0 aliphatic carbocycles. The minimum atomic E-state index is -3.65. The summed E-state index contributed by atoms with van der Waals surface area (Å²) >= 11 is 1.49. The van der Waals surface area contributed by atoms with E-state index >= 15 is 0 Å². The smallest absolute Gasteiger partial charge is 0.242 e. The number of benzene rings is 1. The molecule has 3 rings (SSSR count). The Balaban J connectivity index is 1.94. The van der Waals surface area contributed by atoms with Crippen molar-refractivity contribution in [2.75, 3.05) is 6.54 Å². The largest absolute Gasteiger partial charge is 0.282 e. The first-order valence-corrected chi connectivity index (χ1v) is 11.2. The van der Waals surface area contributed by atoms with Gasteiger partial charge in [-0.05, 0) is 44.7 Å². The topological polar surface area (TPSA) is 74.8 Å². The third-order valence-electron chi connectivity index (χ3n) is 4.91. The van der Waals surface area contributed by atoms with Gasteiger partial charge in [0.05, 0.1) is 5.69 Å². The number of aromatic nitrogens is 2. The summed E-state index contributed by atoms with van der Waals surface area (Å²) in [7, 11) is -3.65. The van der Waals surface area contributed by atoms with Crippen LogP contribution < -0.4 is 4.72 Å². The Bertz CT molecular complexity index is 1050. The molecule has 0 aliphatic heterocycles. The van der Waals surface area contributed by atoms with Gasteiger partial charge in [-0.15, -0.1) is 11.3 Å². The highest BCUT2D eigenvalue weighted by atomic mass is 32.2. The molecule has 0 saturated heterocycles. The van der Waals surface area contributed by atoms with Crippen LogP contribution in [0.25, 0.3) is 11.3 Å². The molecule has 2 heterocycles. The van der Waals surface area contributed by atoms with Crippen LogP contribution in [0.3, 0.4) is 0 Å². The molecule has 144 valence electrons. The SMILES string of the molecule is Cc1[nH]nc(-c2c(C)sc(C)c2S(=O)(=O)NC[C@@H](C)c2ccccc2)c1C. The first kappa shape index (κ1) is 19.8. The van der Waals surface area contributed by atoms with Crippen LogP contribution in [0.2, 0.25) is 0 Å². The Hall–Kier alpha value is -1.96. The average Bonchev–Trinajstić information content (AvgIpc) is 3.12. The molecular formula is C20H25N3O2S2. The van der Waals surface area contributed by atoms with Crippen molar-refractivity contribution >= 4 is 21.4 Å². The van der Waals surface area contributed by atoms with Crippen LogP contribution in [0.15, 0.2) is 35.2 Å². The molecule has 0 unspecified atom stereocenters. The van der Waals surface area contributed by atoms with Gasteiger partial charge in [0, 0.05) is 27.6 Å². The lowest BCUT2D eigenvalue weighted by molar-refractivity contribution is 0.575. The van der Waals surface area contributed by atoms with Gasteiger partial charge in [-0.25, -0.2) is 13.1 Å². The molecule has 2 aromatic heterocycles. The van der Waals surface area contributed by atoms with Gasteiger partial charge in [0.15, 0.2) is 0 Å². The minimum absolute atomic E-state index is 0.0822. The number of H-pyrrole nitrogens is 1. The standard InChI is InChI=1S/C20H25N3O2S2/c1-12(17-9-7-6-8-10-17)11-21-27(24,25)20-16(5)26-15(4)18(20)19-13(2)14(3)22-23-19/h6-10,12,21H,11H2,1-5H3,(H,22,23)/t12-/m1/s1. The van der Waals surface area contributed by atoms with Gasteiger partial charge in [-0.3, -0.25) is 5.10 Å². The lowest BCUT2D eigenvalue weighted by Crippen LogP contribution is -2.28. The maximum atomic E-state index is 13.2. The Morgan fingerprint density at radius 3 is 2.37 bits per heavy atom. The zero-order valence-corrected chi connectivity index (χ0v) is 17.9. The number of thiophene rings is 1. The molecule has 2 N–H and O–H groups in total. The third-order valence-corrected chi connectivity index (χ3v) is 7.66. The van der Waals surface area contributed by atoms with Crippen molar-refractivity contribution in [2.24, 2.45) is 0 Å². The number of rotatable bonds is 6. The van der Waals surface area contributed by atoms with Gasteiger partial charge in [0.1, 0.15) is 4.90 Å². The Labute approximate surface area is 164 Å². The molecule has 7 heteroatoms. The molecule has 0 bridgehead atoms. The fourth-order valence-corrected chi connectivity index (χ4v) is 6.18. The molecule has 0 saturated carbocycles. The number of aryl methyl sites for hydroxylation is 3. The van der Waals surface area contributed by atoms with Crippen LogP contribution in [0.1, 0.15) is 39.4 Å². The zero-order chi connectivity index (χ0) is 19.8. The molecule has 1 aromatic carbocycles. The van der Waals surface area contributed by atoms with Crippen LogP contribution in [-0.4, -0.2) is 25.2 Å². The fourth-order valence-electron chi connectivity index (χ4n) is 3.20. The van der Waals surface area contributed by atoms with Gasteiger partial charge in [0.25, 0.3) is 0 Å². The van der Waals surface area contributed by atoms with E-state index < -0.39 is 10.0 Å². The second kappa shape index (κ2) is 7.58. The molecule has 5 nitrogen and oxygen atoms in total. The van der Waals surface area contributed by atoms with Gasteiger partial charge in [-0.2, -0.15) is 5.10 Å². The molecule has 0 radical (unpaired) electrons. The highest BCUT2D eigenvalue weighted by molar-refractivity contribution is 7.89. The summed E-state index contributed by atoms with van der Waals surface area (Å²) in [5.74, 6) is 0.0822. The van der Waals surface area contributed by atoms with Gasteiger partial charge < -0.3 is 0 Å². The highest BCUT2D eigenvalue weighted by Gasteiger charge is 2.28. The van der Waals surface area contributed by atoms with E-state index in [9.17, 15) is 8.42 Å². The van der Waals surface area contributed by atoms with Gasteiger partial charge in [0.2, 0.25) is 10.0 Å². The number of nitrogens with one attached hydrogen (secondary N) is 2. The number of sulfonamides is 1. The van der Waals surface area contributed by atoms with E-state index in [4.69, 9.17) is 0 Å². The summed E-state index contributed by atoms with van der Waals surface area (Å²) in [4.78, 5) is 2.08. The predicted molar refractivity (Wildman–Crippen MR) is 111 cm³/mol. The van der Waals surface area contributed by atoms with Gasteiger partial charge >= 0.3 is 0 Å². The van der Waals surface area contributed by atoms with Crippen molar-refractivity contribution in [1.82, 2.24) is 14.9 Å². The van der Waals surface area contributed by atoms with E-state index in [2.05, 4.69) is 14.9 Å². The summed E-state index contributed by atoms with van der Waals surface area (Å²) < 4.78 is 29.1. The molecule has 0 aliphatic rings. The highest BCUT2D eigenvalue weighted by Crippen LogP contribution is 2.39. The fraction of sp³-hybridized carbons (Fsp3) is 0.350. The number of hydrogen-bond donors (Lipinski definition) is 2. The molecule has 27 heavy (non-hydrogen) atoms. The van der Waals surface area contributed by atoms with Crippen LogP contribution in [0.5, 0.6) is 0 Å². The predicted octanol–water partition coefficient (Wildman–Crippen LogP) is 4.45. The van der Waals surface area contributed by atoms with E-state index in [-0.39, 0.29) is 5.92 Å². The second-order valence-corrected chi connectivity index (χ2v) is 10.0. The lowest BCUT2D eigenvalue weighted by atomic mass is 10.0. The van der Waals surface area contributed by atoms with Crippen molar-refractivity contribution in [3.63, 3.8) is 0 Å². The van der Waals surface area contributed by atoms with Crippen molar-refractivity contribution in [1.29, 1.82) is 0 Å². The maximum absolute atomic E-state index is 13.2. The number of aromatic amines is 1. The van der Waals surface area contributed by atoms with Crippen LogP contribution in [-0.2, 0) is 10.0 Å². The Kier molecular flexibility index (Phi) is 5.55. The maximum Gasteiger partial charge on any atom is 0.242 e. The van der Waals surface area contributed by atoms with Crippen molar-refractivity contribution < 1.29 is 8.42 Å². The van der Waals surface area contributed by atoms with Crippen LogP contribution in [0.4, 0.5) is 0 Å². The molecule has 0 fully saturated rings. The van der Waals surface area contributed by atoms with Crippen molar-refractivity contribution in [2.45, 2.75) is 45.4 Å². The molecule has 0 amide bonds. The monoisotopic (exact) mass is 403 g/mol. The van der Waals surface area contributed by atoms with Gasteiger partial charge in [-0.1, -0.05) is 37.3 Å². The number of hydrogen-bond acceptors (Lipinski definition) is 4. The second-order valence-electron chi connectivity index (χ2n) is 6.90. The van der Waals surface area contributed by atoms with E-state index in [0.717, 1.165) is 26.6 Å². The normalized spacial score (nSPS) is 13.1. The Morgan fingerprint density at radius 1 is 1.11 bits per heavy atom. The molecule has 3 aromatic rings. The van der Waals surface area contributed by atoms with E-state index in [1.807, 2.05) is 65.0 Å². The summed E-state index contributed by atoms with van der Waals surface area (Å²) in [6.45, 7) is 10.1. The first-order valence-electron chi connectivity index (χ1n) is 8.89. The van der Waals surface area contributed by atoms with Crippen LogP contribution >= 0.6 is 11.3 Å². The average molecular weight is 404 g/mol. The Morgan fingerprint density at radius 2 is 1.78 bits per heavy atom. The molecule has 0 spiro atoms. The lowest BCUT2D eigenvalue weighted by Gasteiger charge is -2.14. The van der Waals surface area contributed by atoms with Crippen molar-refractivity contribution in [3.05, 3.63) is 56.9 Å². The minimum Gasteiger partial charge on any atom is -0.282 e. The number of nitrogens with zero attached hydrogens (tertiary/aromatic N) is 1. The third kappa shape index (κ3) is 3.85. The summed E-state index contributed by atoms with van der Waals surface area (Å²) in [6.07, 6.45) is 0. The van der Waals surface area contributed by atoms with E-state index in [1.165, 1.54) is 11.3 Å². The quantitative estimate of drug-likeness (QED) is 0.638. The summed E-state index contributed by atoms with van der Waals surface area (Å²) in [5, 5.41) is 7.33. The van der Waals surface area contributed by atoms with E-state index in [0.29, 0.717) is 22.7 Å². The molecular weight excluding hydrogens is 378 g/mol. The zero-order valence-electron chi connectivity index (χ0n) is 16.3. The van der Waals surface area contributed by atoms with Crippen molar-refractivity contribution in [3.8, 4) is 11.3 Å². The van der Waals surface area contributed by atoms with Crippen LogP contribution in [0, 0.1) is 27.7 Å². The summed E-state index contributed by atoms with van der Waals surface area (Å²) in [5.41, 5.74) is 4.45.